The third kappa shape index (κ3) is 5.91. The average molecular weight is 598 g/mol. The van der Waals surface area contributed by atoms with Gasteiger partial charge in [-0.2, -0.15) is 0 Å². The molecule has 8 heteroatoms. The molecule has 4 heterocycles. The van der Waals surface area contributed by atoms with Crippen LogP contribution < -0.4 is 10.2 Å². The van der Waals surface area contributed by atoms with Crippen LogP contribution >= 0.6 is 0 Å². The molecule has 0 saturated carbocycles. The molecule has 0 bridgehead atoms. The summed E-state index contributed by atoms with van der Waals surface area (Å²) in [5, 5.41) is 0. The molecular formula is C37H36BN3O4. The Morgan fingerprint density at radius 2 is 1.53 bits per heavy atom. The fourth-order valence-corrected chi connectivity index (χ4v) is 5.62. The fraction of sp³-hybridized carbons (Fsp3) is 0.243. The van der Waals surface area contributed by atoms with Gasteiger partial charge in [0.05, 0.1) is 35.8 Å². The van der Waals surface area contributed by atoms with E-state index >= 15 is 0 Å². The molecule has 1 aliphatic rings. The number of ether oxygens (including phenoxy) is 1. The van der Waals surface area contributed by atoms with E-state index in [0.717, 1.165) is 45.7 Å². The smallest absolute Gasteiger partial charge is 0.472 e. The Labute approximate surface area is 264 Å². The highest BCUT2D eigenvalue weighted by atomic mass is 16.7. The summed E-state index contributed by atoms with van der Waals surface area (Å²) in [6, 6.07) is 30.9. The van der Waals surface area contributed by atoms with Crippen molar-refractivity contribution in [3.63, 3.8) is 0 Å². The minimum absolute atomic E-state index is 0.355. The van der Waals surface area contributed by atoms with Crippen molar-refractivity contribution in [2.24, 2.45) is 0 Å². The third-order valence-electron chi connectivity index (χ3n) is 8.88. The SMILES string of the molecule is CC1(C)OB(c2ccc(COc3c(Cc4ccco4)nc4cnc(-c5ccccc5)cn34)c(Cc3ccccc3)c2)OC1(C)C. The Kier molecular flexibility index (Phi) is 7.55. The van der Waals surface area contributed by atoms with E-state index in [2.05, 4.69) is 75.1 Å². The Bertz CT molecular complexity index is 1900. The van der Waals surface area contributed by atoms with Crippen LogP contribution in [0.2, 0.25) is 0 Å². The lowest BCUT2D eigenvalue weighted by Crippen LogP contribution is -2.41. The van der Waals surface area contributed by atoms with Crippen LogP contribution in [0.5, 0.6) is 5.88 Å². The van der Waals surface area contributed by atoms with Crippen molar-refractivity contribution in [1.82, 2.24) is 14.4 Å². The Hall–Kier alpha value is -4.66. The molecule has 7 nitrogen and oxygen atoms in total. The van der Waals surface area contributed by atoms with Crippen LogP contribution in [0.4, 0.5) is 0 Å². The van der Waals surface area contributed by atoms with Crippen molar-refractivity contribution in [3.05, 3.63) is 138 Å². The van der Waals surface area contributed by atoms with Gasteiger partial charge in [0, 0.05) is 11.8 Å². The second-order valence-electron chi connectivity index (χ2n) is 12.6. The normalized spacial score (nSPS) is 15.5. The first kappa shape index (κ1) is 29.1. The highest BCUT2D eigenvalue weighted by Crippen LogP contribution is 2.37. The van der Waals surface area contributed by atoms with Crippen molar-refractivity contribution in [1.29, 1.82) is 0 Å². The fourth-order valence-electron chi connectivity index (χ4n) is 5.62. The largest absolute Gasteiger partial charge is 0.494 e. The molecular weight excluding hydrogens is 561 g/mol. The van der Waals surface area contributed by atoms with Gasteiger partial charge in [-0.25, -0.2) is 4.98 Å². The number of hydrogen-bond donors (Lipinski definition) is 0. The van der Waals surface area contributed by atoms with Gasteiger partial charge in [0.2, 0.25) is 5.88 Å². The van der Waals surface area contributed by atoms with E-state index < -0.39 is 18.3 Å². The van der Waals surface area contributed by atoms with E-state index in [1.54, 1.807) is 12.5 Å². The van der Waals surface area contributed by atoms with Crippen LogP contribution in [0, 0.1) is 0 Å². The summed E-state index contributed by atoms with van der Waals surface area (Å²) in [5.74, 6) is 1.48. The molecule has 0 amide bonds. The predicted octanol–water partition coefficient (Wildman–Crippen LogP) is 7.05. The first-order chi connectivity index (χ1) is 21.8. The summed E-state index contributed by atoms with van der Waals surface area (Å²) in [6.45, 7) is 8.67. The van der Waals surface area contributed by atoms with Gasteiger partial charge in [0.25, 0.3) is 0 Å². The molecule has 3 aromatic carbocycles. The second-order valence-corrected chi connectivity index (χ2v) is 12.6. The van der Waals surface area contributed by atoms with Gasteiger partial charge < -0.3 is 18.5 Å². The quantitative estimate of drug-likeness (QED) is 0.167. The van der Waals surface area contributed by atoms with Crippen molar-refractivity contribution in [2.75, 3.05) is 0 Å². The maximum atomic E-state index is 6.69. The average Bonchev–Trinajstić information content (AvgIpc) is 3.73. The lowest BCUT2D eigenvalue weighted by Gasteiger charge is -2.32. The number of fused-ring (bicyclic) bond motifs is 1. The maximum absolute atomic E-state index is 6.69. The van der Waals surface area contributed by atoms with Gasteiger partial charge in [0.1, 0.15) is 18.1 Å². The molecule has 6 aromatic rings. The van der Waals surface area contributed by atoms with Crippen molar-refractivity contribution in [2.45, 2.75) is 58.3 Å². The maximum Gasteiger partial charge on any atom is 0.494 e. The number of rotatable bonds is 9. The van der Waals surface area contributed by atoms with Crippen LogP contribution in [-0.4, -0.2) is 32.7 Å². The first-order valence-corrected chi connectivity index (χ1v) is 15.3. The monoisotopic (exact) mass is 597 g/mol. The topological polar surface area (TPSA) is 71.0 Å². The number of hydrogen-bond acceptors (Lipinski definition) is 6. The van der Waals surface area contributed by atoms with Crippen LogP contribution in [0.3, 0.4) is 0 Å². The van der Waals surface area contributed by atoms with Gasteiger partial charge in [-0.3, -0.25) is 9.38 Å². The predicted molar refractivity (Wildman–Crippen MR) is 176 cm³/mol. The molecule has 45 heavy (non-hydrogen) atoms. The number of benzene rings is 3. The number of imidazole rings is 1. The van der Waals surface area contributed by atoms with Crippen LogP contribution in [0.15, 0.2) is 114 Å². The molecule has 0 N–H and O–H groups in total. The van der Waals surface area contributed by atoms with E-state index in [9.17, 15) is 0 Å². The van der Waals surface area contributed by atoms with E-state index in [1.165, 1.54) is 5.56 Å². The Morgan fingerprint density at radius 1 is 0.800 bits per heavy atom. The molecule has 0 unspecified atom stereocenters. The van der Waals surface area contributed by atoms with E-state index in [-0.39, 0.29) is 0 Å². The van der Waals surface area contributed by atoms with Crippen LogP contribution in [0.1, 0.15) is 55.8 Å². The number of furan rings is 1. The zero-order valence-corrected chi connectivity index (χ0v) is 26.1. The van der Waals surface area contributed by atoms with Crippen LogP contribution in [0.25, 0.3) is 16.9 Å². The van der Waals surface area contributed by atoms with Gasteiger partial charge in [-0.1, -0.05) is 78.9 Å². The van der Waals surface area contributed by atoms with Gasteiger partial charge >= 0.3 is 7.12 Å². The van der Waals surface area contributed by atoms with Crippen molar-refractivity contribution in [3.8, 4) is 17.1 Å². The zero-order chi connectivity index (χ0) is 31.0. The molecule has 0 radical (unpaired) electrons. The van der Waals surface area contributed by atoms with E-state index in [4.69, 9.17) is 23.4 Å². The standard InChI is InChI=1S/C37H36BN3O4/c1-36(2)37(3,4)45-38(44-36)30-18-17-28(29(21-30)20-26-12-7-5-8-13-26)25-43-35-32(22-31-16-11-19-42-31)40-34-23-39-33(24-41(34)35)27-14-9-6-10-15-27/h5-19,21,23-24H,20,22,25H2,1-4H3. The molecule has 1 saturated heterocycles. The van der Waals surface area contributed by atoms with Gasteiger partial charge in [-0.15, -0.1) is 0 Å². The highest BCUT2D eigenvalue weighted by Gasteiger charge is 2.51. The minimum atomic E-state index is -0.443. The Morgan fingerprint density at radius 3 is 2.24 bits per heavy atom. The lowest BCUT2D eigenvalue weighted by molar-refractivity contribution is 0.00578. The summed E-state index contributed by atoms with van der Waals surface area (Å²) >= 11 is 0. The first-order valence-electron chi connectivity index (χ1n) is 15.3. The number of aromatic nitrogens is 3. The second kappa shape index (κ2) is 11.7. The minimum Gasteiger partial charge on any atom is -0.472 e. The molecule has 1 aliphatic heterocycles. The molecule has 7 rings (SSSR count). The molecule has 3 aromatic heterocycles. The molecule has 226 valence electrons. The van der Waals surface area contributed by atoms with Gasteiger partial charge in [-0.05, 0) is 68.4 Å². The highest BCUT2D eigenvalue weighted by molar-refractivity contribution is 6.62. The summed E-state index contributed by atoms with van der Waals surface area (Å²) in [4.78, 5) is 9.59. The molecule has 0 spiro atoms. The lowest BCUT2D eigenvalue weighted by atomic mass is 9.77. The summed E-state index contributed by atoms with van der Waals surface area (Å²) in [5.41, 5.74) is 6.98. The third-order valence-corrected chi connectivity index (χ3v) is 8.88. The summed E-state index contributed by atoms with van der Waals surface area (Å²) < 4.78 is 27.2. The molecule has 0 atom stereocenters. The van der Waals surface area contributed by atoms with Gasteiger partial charge in [0.15, 0.2) is 5.65 Å². The van der Waals surface area contributed by atoms with E-state index in [0.29, 0.717) is 24.6 Å². The van der Waals surface area contributed by atoms with Crippen molar-refractivity contribution < 1.29 is 18.5 Å². The van der Waals surface area contributed by atoms with Crippen LogP contribution in [-0.2, 0) is 28.8 Å². The molecule has 0 aliphatic carbocycles. The summed E-state index contributed by atoms with van der Waals surface area (Å²) in [6.07, 6.45) is 6.72. The summed E-state index contributed by atoms with van der Waals surface area (Å²) in [7, 11) is -0.443. The zero-order valence-electron chi connectivity index (χ0n) is 26.1. The molecule has 1 fully saturated rings. The van der Waals surface area contributed by atoms with E-state index in [1.807, 2.05) is 59.1 Å². The van der Waals surface area contributed by atoms with Crippen molar-refractivity contribution >= 4 is 18.2 Å². The Balaban J connectivity index is 1.24. The number of nitrogens with zero attached hydrogens (tertiary/aromatic N) is 3.